The van der Waals surface area contributed by atoms with E-state index in [9.17, 15) is 5.11 Å². The second-order valence-corrected chi connectivity index (χ2v) is 5.34. The number of aromatic nitrogens is 2. The molecule has 0 aromatic carbocycles. The second-order valence-electron chi connectivity index (χ2n) is 5.34. The van der Waals surface area contributed by atoms with Crippen LogP contribution in [0.1, 0.15) is 38.4 Å². The van der Waals surface area contributed by atoms with Crippen molar-refractivity contribution in [2.45, 2.75) is 44.8 Å². The molecule has 0 aliphatic carbocycles. The highest BCUT2D eigenvalue weighted by atomic mass is 16.5. The minimum absolute atomic E-state index is 0.162. The zero-order chi connectivity index (χ0) is 13.9. The summed E-state index contributed by atoms with van der Waals surface area (Å²) in [5.74, 6) is 1.18. The third kappa shape index (κ3) is 3.13. The molecule has 19 heavy (non-hydrogen) atoms. The van der Waals surface area contributed by atoms with Crippen molar-refractivity contribution >= 4 is 0 Å². The van der Waals surface area contributed by atoms with E-state index in [0.717, 1.165) is 12.8 Å². The van der Waals surface area contributed by atoms with Crippen LogP contribution in [0.3, 0.4) is 0 Å². The van der Waals surface area contributed by atoms with Gasteiger partial charge in [-0.05, 0) is 5.92 Å². The van der Waals surface area contributed by atoms with Crippen LogP contribution in [0, 0.1) is 5.92 Å². The average Bonchev–Trinajstić information content (AvgIpc) is 2.88. The normalized spacial score (nSPS) is 20.7. The molecule has 1 aliphatic rings. The third-order valence-electron chi connectivity index (χ3n) is 3.72. The molecule has 0 radical (unpaired) electrons. The Balaban J connectivity index is 2.10. The van der Waals surface area contributed by atoms with E-state index in [-0.39, 0.29) is 5.92 Å². The standard InChI is InChI=1S/C13H22N2O4/c1-9(2)10(16)8-11-14-12(15-19-11)13(17-3)4-6-18-7-5-13/h9-10,16H,4-8H2,1-3H3. The zero-order valence-corrected chi connectivity index (χ0v) is 11.8. The molecule has 0 bridgehead atoms. The smallest absolute Gasteiger partial charge is 0.229 e. The molecule has 0 spiro atoms. The molecule has 1 fully saturated rings. The van der Waals surface area contributed by atoms with Gasteiger partial charge in [0.2, 0.25) is 11.7 Å². The Bertz CT molecular complexity index is 399. The van der Waals surface area contributed by atoms with Gasteiger partial charge < -0.3 is 19.1 Å². The highest BCUT2D eigenvalue weighted by Gasteiger charge is 2.39. The molecule has 6 heteroatoms. The molecule has 108 valence electrons. The maximum absolute atomic E-state index is 9.84. The number of methoxy groups -OCH3 is 1. The van der Waals surface area contributed by atoms with E-state index in [2.05, 4.69) is 10.1 Å². The number of aliphatic hydroxyl groups excluding tert-OH is 1. The van der Waals surface area contributed by atoms with Crippen molar-refractivity contribution < 1.29 is 19.1 Å². The van der Waals surface area contributed by atoms with Crippen molar-refractivity contribution in [3.05, 3.63) is 11.7 Å². The predicted molar refractivity (Wildman–Crippen MR) is 67.6 cm³/mol. The number of hydrogen-bond donors (Lipinski definition) is 1. The molecular weight excluding hydrogens is 248 g/mol. The molecule has 1 N–H and O–H groups in total. The Morgan fingerprint density at radius 2 is 2.05 bits per heavy atom. The number of nitrogens with zero attached hydrogens (tertiary/aromatic N) is 2. The van der Waals surface area contributed by atoms with Gasteiger partial charge in [0.05, 0.1) is 12.5 Å². The van der Waals surface area contributed by atoms with Gasteiger partial charge in [-0.3, -0.25) is 0 Å². The van der Waals surface area contributed by atoms with E-state index < -0.39 is 11.7 Å². The minimum Gasteiger partial charge on any atom is -0.392 e. The molecule has 2 rings (SSSR count). The summed E-state index contributed by atoms with van der Waals surface area (Å²) in [6.45, 7) is 5.17. The molecule has 0 amide bonds. The van der Waals surface area contributed by atoms with E-state index in [1.165, 1.54) is 0 Å². The highest BCUT2D eigenvalue weighted by molar-refractivity contribution is 5.03. The van der Waals surface area contributed by atoms with Gasteiger partial charge in [-0.15, -0.1) is 0 Å². The van der Waals surface area contributed by atoms with E-state index >= 15 is 0 Å². The quantitative estimate of drug-likeness (QED) is 0.868. The lowest BCUT2D eigenvalue weighted by Gasteiger charge is -2.32. The lowest BCUT2D eigenvalue weighted by Crippen LogP contribution is -2.36. The van der Waals surface area contributed by atoms with Crippen molar-refractivity contribution in [1.29, 1.82) is 0 Å². The van der Waals surface area contributed by atoms with Crippen molar-refractivity contribution in [2.75, 3.05) is 20.3 Å². The molecule has 2 heterocycles. The average molecular weight is 270 g/mol. The van der Waals surface area contributed by atoms with Crippen LogP contribution in [-0.2, 0) is 21.5 Å². The van der Waals surface area contributed by atoms with Crippen LogP contribution < -0.4 is 0 Å². The number of rotatable bonds is 5. The van der Waals surface area contributed by atoms with E-state index in [1.54, 1.807) is 7.11 Å². The first-order valence-corrected chi connectivity index (χ1v) is 6.71. The molecular formula is C13H22N2O4. The van der Waals surface area contributed by atoms with Gasteiger partial charge in [0.1, 0.15) is 5.60 Å². The third-order valence-corrected chi connectivity index (χ3v) is 3.72. The monoisotopic (exact) mass is 270 g/mol. The Kier molecular flexibility index (Phi) is 4.54. The Morgan fingerprint density at radius 3 is 2.63 bits per heavy atom. The number of ether oxygens (including phenoxy) is 2. The van der Waals surface area contributed by atoms with Gasteiger partial charge >= 0.3 is 0 Å². The zero-order valence-electron chi connectivity index (χ0n) is 11.8. The first-order valence-electron chi connectivity index (χ1n) is 6.71. The first kappa shape index (κ1) is 14.4. The van der Waals surface area contributed by atoms with Crippen molar-refractivity contribution in [3.8, 4) is 0 Å². The molecule has 1 atom stereocenters. The summed E-state index contributed by atoms with van der Waals surface area (Å²) >= 11 is 0. The molecule has 6 nitrogen and oxygen atoms in total. The van der Waals surface area contributed by atoms with Crippen LogP contribution in [-0.4, -0.2) is 41.7 Å². The largest absolute Gasteiger partial charge is 0.392 e. The fourth-order valence-electron chi connectivity index (χ4n) is 2.16. The van der Waals surface area contributed by atoms with E-state index in [4.69, 9.17) is 14.0 Å². The van der Waals surface area contributed by atoms with Gasteiger partial charge in [0.15, 0.2) is 0 Å². The van der Waals surface area contributed by atoms with Gasteiger partial charge in [-0.1, -0.05) is 19.0 Å². The minimum atomic E-state index is -0.511. The number of aliphatic hydroxyl groups is 1. The van der Waals surface area contributed by atoms with Crippen LogP contribution in [0.5, 0.6) is 0 Å². The molecule has 1 saturated heterocycles. The van der Waals surface area contributed by atoms with E-state index in [1.807, 2.05) is 13.8 Å². The highest BCUT2D eigenvalue weighted by Crippen LogP contribution is 2.33. The Morgan fingerprint density at radius 1 is 1.37 bits per heavy atom. The molecule has 1 unspecified atom stereocenters. The Hall–Kier alpha value is -0.980. The van der Waals surface area contributed by atoms with Crippen LogP contribution in [0.2, 0.25) is 0 Å². The summed E-state index contributed by atoms with van der Waals surface area (Å²) < 4.78 is 16.2. The Labute approximate surface area is 113 Å². The number of hydrogen-bond acceptors (Lipinski definition) is 6. The summed E-state index contributed by atoms with van der Waals surface area (Å²) in [5.41, 5.74) is -0.511. The second kappa shape index (κ2) is 5.98. The van der Waals surface area contributed by atoms with Crippen molar-refractivity contribution in [3.63, 3.8) is 0 Å². The maximum atomic E-state index is 9.84. The summed E-state index contributed by atoms with van der Waals surface area (Å²) in [5, 5.41) is 13.9. The fraction of sp³-hybridized carbons (Fsp3) is 0.846. The van der Waals surface area contributed by atoms with Crippen molar-refractivity contribution in [2.24, 2.45) is 5.92 Å². The van der Waals surface area contributed by atoms with Crippen molar-refractivity contribution in [1.82, 2.24) is 10.1 Å². The SMILES string of the molecule is COC1(c2noc(CC(O)C(C)C)n2)CCOCC1. The topological polar surface area (TPSA) is 77.6 Å². The fourth-order valence-corrected chi connectivity index (χ4v) is 2.16. The molecule has 1 aliphatic heterocycles. The summed E-state index contributed by atoms with van der Waals surface area (Å²) in [6.07, 6.45) is 1.34. The van der Waals surface area contributed by atoms with Crippen LogP contribution in [0.4, 0.5) is 0 Å². The maximum Gasteiger partial charge on any atom is 0.229 e. The predicted octanol–water partition coefficient (Wildman–Crippen LogP) is 1.28. The van der Waals surface area contributed by atoms with Crippen LogP contribution in [0.15, 0.2) is 4.52 Å². The molecule has 1 aromatic rings. The van der Waals surface area contributed by atoms with Gasteiger partial charge in [-0.25, -0.2) is 0 Å². The van der Waals surface area contributed by atoms with Crippen LogP contribution >= 0.6 is 0 Å². The van der Waals surface area contributed by atoms with Crippen LogP contribution in [0.25, 0.3) is 0 Å². The van der Waals surface area contributed by atoms with E-state index in [0.29, 0.717) is 31.3 Å². The summed E-state index contributed by atoms with van der Waals surface area (Å²) in [6, 6.07) is 0. The molecule has 0 saturated carbocycles. The molecule has 1 aromatic heterocycles. The lowest BCUT2D eigenvalue weighted by molar-refractivity contribution is -0.101. The van der Waals surface area contributed by atoms with Gasteiger partial charge in [0.25, 0.3) is 0 Å². The van der Waals surface area contributed by atoms with Gasteiger partial charge in [0, 0.05) is 33.2 Å². The summed E-state index contributed by atoms with van der Waals surface area (Å²) in [7, 11) is 1.66. The van der Waals surface area contributed by atoms with Gasteiger partial charge in [-0.2, -0.15) is 4.98 Å². The summed E-state index contributed by atoms with van der Waals surface area (Å²) in [4.78, 5) is 4.38. The lowest BCUT2D eigenvalue weighted by atomic mass is 9.93. The first-order chi connectivity index (χ1) is 9.07.